The highest BCUT2D eigenvalue weighted by Gasteiger charge is 2.39. The number of allylic oxidation sites excluding steroid dienone is 4. The Bertz CT molecular complexity index is 823. The lowest BCUT2D eigenvalue weighted by Crippen LogP contribution is -2.31. The number of nitrogens with one attached hydrogen (secondary N) is 1. The summed E-state index contributed by atoms with van der Waals surface area (Å²) in [6, 6.07) is 5.79. The van der Waals surface area contributed by atoms with Gasteiger partial charge in [0.2, 0.25) is 0 Å². The van der Waals surface area contributed by atoms with Crippen LogP contribution in [0.25, 0.3) is 5.57 Å². The molecule has 1 unspecified atom stereocenters. The van der Waals surface area contributed by atoms with Crippen molar-refractivity contribution >= 4 is 17.0 Å². The number of nitrogens with zero attached hydrogens (tertiary/aromatic N) is 2. The van der Waals surface area contributed by atoms with Gasteiger partial charge in [0.05, 0.1) is 5.70 Å². The molecule has 1 saturated carbocycles. The van der Waals surface area contributed by atoms with Crippen molar-refractivity contribution in [2.75, 3.05) is 7.05 Å². The topological polar surface area (TPSA) is 79.9 Å². The van der Waals surface area contributed by atoms with E-state index < -0.39 is 12.3 Å². The molecule has 0 radical (unpaired) electrons. The van der Waals surface area contributed by atoms with Crippen LogP contribution in [0.15, 0.2) is 47.3 Å². The lowest BCUT2D eigenvalue weighted by molar-refractivity contribution is -0.206. The van der Waals surface area contributed by atoms with Gasteiger partial charge < -0.3 is 15.2 Å². The van der Waals surface area contributed by atoms with Crippen LogP contribution in [0.2, 0.25) is 0 Å². The van der Waals surface area contributed by atoms with Crippen molar-refractivity contribution in [3.8, 4) is 0 Å². The molecule has 3 N–H and O–H groups in total. The smallest absolute Gasteiger partial charge is 0.410 e. The van der Waals surface area contributed by atoms with Crippen LogP contribution >= 0.6 is 0 Å². The van der Waals surface area contributed by atoms with E-state index in [1.165, 1.54) is 24.3 Å². The molecule has 0 aromatic heterocycles. The number of benzene rings is 1. The van der Waals surface area contributed by atoms with Crippen molar-refractivity contribution in [1.82, 2.24) is 4.90 Å². The molecule has 0 amide bonds. The molecule has 1 aromatic rings. The molecule has 2 aliphatic rings. The molecule has 0 bridgehead atoms. The number of halogens is 3. The predicted molar refractivity (Wildman–Crippen MR) is 91.2 cm³/mol. The van der Waals surface area contributed by atoms with E-state index in [4.69, 9.17) is 5.41 Å². The van der Waals surface area contributed by atoms with Gasteiger partial charge in [0.15, 0.2) is 6.10 Å². The van der Waals surface area contributed by atoms with E-state index in [-0.39, 0.29) is 17.0 Å². The summed E-state index contributed by atoms with van der Waals surface area (Å²) in [5, 5.41) is 30.0. The molecular weight excluding hydrogens is 347 g/mol. The minimum atomic E-state index is -4.76. The van der Waals surface area contributed by atoms with E-state index in [2.05, 4.69) is 5.16 Å². The van der Waals surface area contributed by atoms with Crippen molar-refractivity contribution < 1.29 is 23.5 Å². The molecule has 0 saturated heterocycles. The predicted octanol–water partition coefficient (Wildman–Crippen LogP) is 3.51. The maximum atomic E-state index is 12.8. The van der Waals surface area contributed by atoms with Crippen LogP contribution in [0.3, 0.4) is 0 Å². The van der Waals surface area contributed by atoms with Gasteiger partial charge in [0.1, 0.15) is 11.4 Å². The largest absolute Gasteiger partial charge is 0.418 e. The lowest BCUT2D eigenvalue weighted by Gasteiger charge is -2.26. The first-order chi connectivity index (χ1) is 12.2. The third kappa shape index (κ3) is 3.50. The summed E-state index contributed by atoms with van der Waals surface area (Å²) in [7, 11) is 1.83. The second-order valence-corrected chi connectivity index (χ2v) is 6.40. The van der Waals surface area contributed by atoms with Gasteiger partial charge in [0.25, 0.3) is 0 Å². The Morgan fingerprint density at radius 2 is 1.96 bits per heavy atom. The van der Waals surface area contributed by atoms with Crippen LogP contribution in [0.4, 0.5) is 13.2 Å². The molecule has 0 aliphatic heterocycles. The van der Waals surface area contributed by atoms with E-state index in [0.717, 1.165) is 12.8 Å². The number of hydrogen-bond acceptors (Lipinski definition) is 5. The zero-order chi connectivity index (χ0) is 19.1. The Morgan fingerprint density at radius 3 is 2.54 bits per heavy atom. The summed E-state index contributed by atoms with van der Waals surface area (Å²) in [6.07, 6.45) is -2.21. The zero-order valence-electron chi connectivity index (χ0n) is 14.0. The number of aliphatic hydroxyl groups is 1. The molecule has 26 heavy (non-hydrogen) atoms. The van der Waals surface area contributed by atoms with E-state index >= 15 is 0 Å². The number of oxime groups is 1. The molecule has 138 valence electrons. The molecule has 1 fully saturated rings. The molecule has 1 atom stereocenters. The van der Waals surface area contributed by atoms with Crippen LogP contribution in [0, 0.1) is 5.41 Å². The van der Waals surface area contributed by atoms with Gasteiger partial charge in [0, 0.05) is 13.1 Å². The average Bonchev–Trinajstić information content (AvgIpc) is 3.45. The standard InChI is InChI=1S/C18H18F3N3O2/c1-24(13-5-6-13)15-9-12(8-14(23-26)16(15)22)10-3-2-4-11(7-10)17(25)18(19,20)21/h2-4,7-9,13,17,22,25-26H,5-6H2,1H3/b22-16?,23-14-. The van der Waals surface area contributed by atoms with Crippen LogP contribution in [-0.4, -0.2) is 45.9 Å². The van der Waals surface area contributed by atoms with Gasteiger partial charge in [-0.25, -0.2) is 0 Å². The van der Waals surface area contributed by atoms with Crippen molar-refractivity contribution in [1.29, 1.82) is 5.41 Å². The molecule has 3 rings (SSSR count). The Balaban J connectivity index is 2.00. The Labute approximate surface area is 148 Å². The molecule has 8 heteroatoms. The maximum absolute atomic E-state index is 12.8. The highest BCUT2D eigenvalue weighted by atomic mass is 19.4. The van der Waals surface area contributed by atoms with Crippen molar-refractivity contribution in [2.24, 2.45) is 5.16 Å². The van der Waals surface area contributed by atoms with Crippen LogP contribution in [0.5, 0.6) is 0 Å². The van der Waals surface area contributed by atoms with Crippen LogP contribution in [0.1, 0.15) is 30.1 Å². The summed E-state index contributed by atoms with van der Waals surface area (Å²) in [5.74, 6) is 0. The molecule has 5 nitrogen and oxygen atoms in total. The van der Waals surface area contributed by atoms with Crippen molar-refractivity contribution in [2.45, 2.75) is 31.2 Å². The molecule has 1 aromatic carbocycles. The minimum absolute atomic E-state index is 0.0340. The zero-order valence-corrected chi connectivity index (χ0v) is 14.0. The second kappa shape index (κ2) is 6.60. The summed E-state index contributed by atoms with van der Waals surface area (Å²) < 4.78 is 38.3. The number of alkyl halides is 3. The van der Waals surface area contributed by atoms with Gasteiger partial charge in [-0.05, 0) is 47.8 Å². The molecular formula is C18H18F3N3O2. The highest BCUT2D eigenvalue weighted by Crippen LogP contribution is 2.35. The first-order valence-corrected chi connectivity index (χ1v) is 8.05. The highest BCUT2D eigenvalue weighted by molar-refractivity contribution is 6.53. The van der Waals surface area contributed by atoms with E-state index in [1.54, 1.807) is 12.1 Å². The first kappa shape index (κ1) is 18.2. The number of hydrogen-bond donors (Lipinski definition) is 3. The molecule has 2 aliphatic carbocycles. The van der Waals surface area contributed by atoms with E-state index in [9.17, 15) is 23.5 Å². The van der Waals surface area contributed by atoms with Gasteiger partial charge >= 0.3 is 6.18 Å². The van der Waals surface area contributed by atoms with Crippen LogP contribution in [-0.2, 0) is 0 Å². The fraction of sp³-hybridized carbons (Fsp3) is 0.333. The third-order valence-corrected chi connectivity index (χ3v) is 4.52. The number of aliphatic hydroxyl groups excluding tert-OH is 1. The van der Waals surface area contributed by atoms with Gasteiger partial charge in [-0.15, -0.1) is 0 Å². The lowest BCUT2D eigenvalue weighted by atomic mass is 9.93. The summed E-state index contributed by atoms with van der Waals surface area (Å²) in [6.45, 7) is 0. The molecule has 0 heterocycles. The van der Waals surface area contributed by atoms with Crippen LogP contribution < -0.4 is 0 Å². The Hall–Kier alpha value is -2.61. The summed E-state index contributed by atoms with van der Waals surface area (Å²) in [4.78, 5) is 1.91. The normalized spacial score (nSPS) is 20.7. The Morgan fingerprint density at radius 1 is 1.27 bits per heavy atom. The van der Waals surface area contributed by atoms with Gasteiger partial charge in [-0.1, -0.05) is 23.4 Å². The monoisotopic (exact) mass is 365 g/mol. The van der Waals surface area contributed by atoms with Crippen molar-refractivity contribution in [3.63, 3.8) is 0 Å². The quantitative estimate of drug-likeness (QED) is 0.434. The second-order valence-electron chi connectivity index (χ2n) is 6.40. The van der Waals surface area contributed by atoms with Crippen molar-refractivity contribution in [3.05, 3.63) is 53.2 Å². The fourth-order valence-electron chi connectivity index (χ4n) is 2.87. The summed E-state index contributed by atoms with van der Waals surface area (Å²) in [5.41, 5.74) is 1.29. The Kier molecular flexibility index (Phi) is 4.62. The van der Waals surface area contributed by atoms with Gasteiger partial charge in [-0.3, -0.25) is 5.41 Å². The minimum Gasteiger partial charge on any atom is -0.410 e. The maximum Gasteiger partial charge on any atom is 0.418 e. The third-order valence-electron chi connectivity index (χ3n) is 4.52. The first-order valence-electron chi connectivity index (χ1n) is 8.05. The number of rotatable bonds is 4. The van der Waals surface area contributed by atoms with Gasteiger partial charge in [-0.2, -0.15) is 13.2 Å². The fourth-order valence-corrected chi connectivity index (χ4v) is 2.87. The average molecular weight is 365 g/mol. The summed E-state index contributed by atoms with van der Waals surface area (Å²) >= 11 is 0. The van der Waals surface area contributed by atoms with E-state index in [0.29, 0.717) is 22.9 Å². The van der Waals surface area contributed by atoms with E-state index in [1.807, 2.05) is 11.9 Å². The molecule has 0 spiro atoms. The SMILES string of the molecule is CN(C1=CC(c2cccc(C(O)C(F)(F)F)c2)=C/C(=N/O)C1=N)C1CC1.